The molecule has 1 heterocycles. The molecule has 0 aromatic heterocycles. The summed E-state index contributed by atoms with van der Waals surface area (Å²) in [5, 5.41) is 3.63. The van der Waals surface area contributed by atoms with Gasteiger partial charge in [-0.15, -0.1) is 0 Å². The normalized spacial score (nSPS) is 27.1. The minimum Gasteiger partial charge on any atom is -0.250 e. The predicted molar refractivity (Wildman–Crippen MR) is 28.1 cm³/mol. The summed E-state index contributed by atoms with van der Waals surface area (Å²) in [6, 6.07) is 0. The van der Waals surface area contributed by atoms with Crippen LogP contribution in [0.3, 0.4) is 0 Å². The Balaban J connectivity index is 2.35. The summed E-state index contributed by atoms with van der Waals surface area (Å²) in [4.78, 5) is 0. The van der Waals surface area contributed by atoms with Crippen LogP contribution < -0.4 is 5.43 Å². The van der Waals surface area contributed by atoms with Gasteiger partial charge in [0.1, 0.15) is 0 Å². The van der Waals surface area contributed by atoms with Crippen molar-refractivity contribution in [1.29, 1.82) is 0 Å². The zero-order chi connectivity index (χ0) is 5.11. The first-order valence-electron chi connectivity index (χ1n) is 1.99. The van der Waals surface area contributed by atoms with Crippen LogP contribution in [0.4, 0.5) is 0 Å². The van der Waals surface area contributed by atoms with Crippen LogP contribution in [0.15, 0.2) is 5.10 Å². The van der Waals surface area contributed by atoms with Gasteiger partial charge in [0.15, 0.2) is 0 Å². The van der Waals surface area contributed by atoms with Crippen LogP contribution in [-0.2, 0) is 15.9 Å². The van der Waals surface area contributed by atoms with E-state index >= 15 is 0 Å². The van der Waals surface area contributed by atoms with Crippen LogP contribution in [0.1, 0.15) is 6.42 Å². The van der Waals surface area contributed by atoms with Crippen LogP contribution in [0.5, 0.6) is 0 Å². The summed E-state index contributed by atoms with van der Waals surface area (Å²) in [5.41, 5.74) is 2.63. The van der Waals surface area contributed by atoms with E-state index in [0.717, 1.165) is 6.42 Å². The quantitative estimate of drug-likeness (QED) is 0.480. The molecule has 1 unspecified atom stereocenters. The number of hydrazone groups is 1. The van der Waals surface area contributed by atoms with Crippen molar-refractivity contribution in [2.45, 2.75) is 11.8 Å². The largest absolute Gasteiger partial charge is 0.487 e. The van der Waals surface area contributed by atoms with Gasteiger partial charge in [-0.1, -0.05) is 0 Å². The number of hydrogen-bond acceptors (Lipinski definition) is 3. The van der Waals surface area contributed by atoms with Gasteiger partial charge in [-0.05, 0) is 0 Å². The molecule has 0 aliphatic carbocycles. The van der Waals surface area contributed by atoms with E-state index in [-0.39, 0.29) is 5.37 Å². The van der Waals surface area contributed by atoms with Crippen molar-refractivity contribution in [3.05, 3.63) is 0 Å². The fourth-order valence-electron chi connectivity index (χ4n) is 0.398. The Hall–Kier alpha value is -0.510. The van der Waals surface area contributed by atoms with Crippen LogP contribution >= 0.6 is 0 Å². The van der Waals surface area contributed by atoms with E-state index < -0.39 is 0 Å². The summed E-state index contributed by atoms with van der Waals surface area (Å²) in [7, 11) is 0. The molecule has 38 valence electrons. The maximum Gasteiger partial charge on any atom is 0.487 e. The number of rotatable bonds is 1. The van der Waals surface area contributed by atoms with Crippen LogP contribution in [0.25, 0.3) is 0 Å². The van der Waals surface area contributed by atoms with E-state index in [1.165, 1.54) is 0 Å². The molecular weight excluding hydrogens is 112 g/mol. The molecule has 0 radical (unpaired) electrons. The van der Waals surface area contributed by atoms with Crippen molar-refractivity contribution < 1.29 is 4.21 Å². The molecule has 1 aliphatic rings. The van der Waals surface area contributed by atoms with E-state index in [1.807, 2.05) is 0 Å². The molecule has 0 saturated carbocycles. The van der Waals surface area contributed by atoms with Crippen LogP contribution in [0, 0.1) is 0 Å². The Labute approximate surface area is 45.3 Å². The molecule has 1 rings (SSSR count). The van der Waals surface area contributed by atoms with E-state index in [4.69, 9.17) is 0 Å². The van der Waals surface area contributed by atoms with Crippen molar-refractivity contribution in [3.63, 3.8) is 0 Å². The second-order valence-electron chi connectivity index (χ2n) is 1.26. The molecule has 0 spiro atoms. The van der Waals surface area contributed by atoms with Gasteiger partial charge < -0.3 is 0 Å². The van der Waals surface area contributed by atoms with Crippen molar-refractivity contribution >= 4 is 17.9 Å². The summed E-state index contributed by atoms with van der Waals surface area (Å²) in [6.45, 7) is 0. The lowest BCUT2D eigenvalue weighted by Gasteiger charge is -1.79. The maximum atomic E-state index is 9.91. The molecular formula is C3H5N2OS+. The van der Waals surface area contributed by atoms with E-state index in [2.05, 4.69) is 10.5 Å². The molecule has 0 saturated heterocycles. The number of nitrogens with one attached hydrogen (secondary N) is 1. The zero-order valence-corrected chi connectivity index (χ0v) is 4.44. The summed E-state index contributed by atoms with van der Waals surface area (Å²) < 4.78 is 9.91. The van der Waals surface area contributed by atoms with E-state index in [0.29, 0.717) is 11.7 Å². The van der Waals surface area contributed by atoms with Gasteiger partial charge in [-0.2, -0.15) is 5.10 Å². The predicted octanol–water partition coefficient (Wildman–Crippen LogP) is -0.280. The summed E-state index contributed by atoms with van der Waals surface area (Å²) in [6.07, 6.45) is 2.46. The van der Waals surface area contributed by atoms with Crippen molar-refractivity contribution in [2.75, 3.05) is 0 Å². The number of nitrogens with zero attached hydrogens (tertiary/aromatic N) is 1. The van der Waals surface area contributed by atoms with Gasteiger partial charge in [0.2, 0.25) is 0 Å². The maximum absolute atomic E-state index is 9.91. The smallest absolute Gasteiger partial charge is 0.250 e. The first-order valence-corrected chi connectivity index (χ1v) is 2.79. The van der Waals surface area contributed by atoms with Crippen molar-refractivity contribution in [2.24, 2.45) is 5.10 Å². The highest BCUT2D eigenvalue weighted by Gasteiger charge is 2.21. The fraction of sp³-hybridized carbons (Fsp3) is 0.667. The van der Waals surface area contributed by atoms with Crippen LogP contribution in [-0.4, -0.2) is 11.6 Å². The zero-order valence-electron chi connectivity index (χ0n) is 3.63. The van der Waals surface area contributed by atoms with E-state index in [9.17, 15) is 4.21 Å². The van der Waals surface area contributed by atoms with Crippen LogP contribution in [0.2, 0.25) is 0 Å². The third-order valence-corrected chi connectivity index (χ3v) is 1.28. The first-order chi connectivity index (χ1) is 3.43. The van der Waals surface area contributed by atoms with Gasteiger partial charge in [0.25, 0.3) is 0 Å². The topological polar surface area (TPSA) is 41.5 Å². The standard InChI is InChI=1S/C3H5N2OS/c6-7-3-1-2-4-5-3/h2-3,5H,1H2/q+1. The average molecular weight is 117 g/mol. The highest BCUT2D eigenvalue weighted by molar-refractivity contribution is 7.66. The van der Waals surface area contributed by atoms with Gasteiger partial charge in [0, 0.05) is 10.4 Å². The van der Waals surface area contributed by atoms with Crippen molar-refractivity contribution in [1.82, 2.24) is 5.43 Å². The minimum absolute atomic E-state index is 0.0139. The first kappa shape index (κ1) is 4.64. The van der Waals surface area contributed by atoms with Gasteiger partial charge in [-0.3, -0.25) is 5.43 Å². The second-order valence-corrected chi connectivity index (χ2v) is 2.02. The van der Waals surface area contributed by atoms with Gasteiger partial charge >= 0.3 is 17.0 Å². The molecule has 3 nitrogen and oxygen atoms in total. The van der Waals surface area contributed by atoms with E-state index in [1.54, 1.807) is 6.21 Å². The fourth-order valence-corrected chi connectivity index (χ4v) is 0.666. The Bertz CT molecular complexity index is 95.1. The third-order valence-electron chi connectivity index (χ3n) is 0.745. The Morgan fingerprint density at radius 2 is 2.86 bits per heavy atom. The van der Waals surface area contributed by atoms with Gasteiger partial charge in [-0.25, -0.2) is 0 Å². The molecule has 0 amide bonds. The monoisotopic (exact) mass is 117 g/mol. The van der Waals surface area contributed by atoms with Crippen molar-refractivity contribution in [3.8, 4) is 0 Å². The molecule has 0 fully saturated rings. The lowest BCUT2D eigenvalue weighted by Crippen LogP contribution is -2.16. The Morgan fingerprint density at radius 3 is 3.14 bits per heavy atom. The minimum atomic E-state index is -0.0139. The Morgan fingerprint density at radius 1 is 2.00 bits per heavy atom. The lowest BCUT2D eigenvalue weighted by molar-refractivity contribution is 0.591. The second kappa shape index (κ2) is 1.97. The average Bonchev–Trinajstić information content (AvgIpc) is 2.14. The molecule has 1 atom stereocenters. The number of hydrogen-bond donors (Lipinski definition) is 1. The van der Waals surface area contributed by atoms with Gasteiger partial charge in [0.05, 0.1) is 6.42 Å². The SMILES string of the molecule is O=[S+]C1CC=NN1. The highest BCUT2D eigenvalue weighted by Crippen LogP contribution is 1.92. The third kappa shape index (κ3) is 0.928. The summed E-state index contributed by atoms with van der Waals surface area (Å²) >= 11 is 0.546. The molecule has 0 aromatic rings. The molecule has 7 heavy (non-hydrogen) atoms. The lowest BCUT2D eigenvalue weighted by atomic mass is 10.5. The highest BCUT2D eigenvalue weighted by atomic mass is 32.1. The summed E-state index contributed by atoms with van der Waals surface area (Å²) in [5.74, 6) is 0. The molecule has 0 aromatic carbocycles. The molecule has 1 N–H and O–H groups in total. The molecule has 1 aliphatic heterocycles. The Kier molecular flexibility index (Phi) is 1.31. The molecule has 4 heteroatoms. The molecule has 0 bridgehead atoms.